The van der Waals surface area contributed by atoms with E-state index in [9.17, 15) is 9.18 Å². The molecule has 0 aliphatic rings. The van der Waals surface area contributed by atoms with Gasteiger partial charge in [-0.3, -0.25) is 9.78 Å². The maximum atomic E-state index is 12.8. The molecule has 3 nitrogen and oxygen atoms in total. The van der Waals surface area contributed by atoms with Crippen molar-refractivity contribution in [3.8, 4) is 0 Å². The molecule has 0 spiro atoms. The molecule has 0 fully saturated rings. The average Bonchev–Trinajstić information content (AvgIpc) is 2.64. The number of carbonyl (C=O) groups excluding carboxylic acids is 1. The fourth-order valence-electron chi connectivity index (χ4n) is 1.23. The van der Waals surface area contributed by atoms with Crippen LogP contribution in [0, 0.1) is 12.7 Å². The van der Waals surface area contributed by atoms with Gasteiger partial charge in [-0.15, -0.1) is 0 Å². The largest absolute Gasteiger partial charge is 0.458 e. The van der Waals surface area contributed by atoms with Gasteiger partial charge in [0.2, 0.25) is 5.78 Å². The molecule has 0 radical (unpaired) electrons. The summed E-state index contributed by atoms with van der Waals surface area (Å²) >= 11 is 0. The third kappa shape index (κ3) is 1.93. The lowest BCUT2D eigenvalue weighted by atomic mass is 10.1. The maximum absolute atomic E-state index is 12.8. The molecule has 0 unspecified atom stereocenters. The molecule has 0 aliphatic carbocycles. The number of nitrogens with zero attached hydrogens (tertiary/aromatic N) is 1. The van der Waals surface area contributed by atoms with Crippen LogP contribution in [0.2, 0.25) is 0 Å². The van der Waals surface area contributed by atoms with Crippen molar-refractivity contribution in [3.05, 3.63) is 53.5 Å². The molecule has 0 saturated carbocycles. The fourth-order valence-corrected chi connectivity index (χ4v) is 1.23. The van der Waals surface area contributed by atoms with Crippen LogP contribution in [0.15, 0.2) is 35.0 Å². The number of rotatable bonds is 2. The number of hydrogen-bond acceptors (Lipinski definition) is 3. The zero-order valence-electron chi connectivity index (χ0n) is 8.03. The van der Waals surface area contributed by atoms with Gasteiger partial charge in [0, 0.05) is 11.8 Å². The predicted octanol–water partition coefficient (Wildman–Crippen LogP) is 2.35. The number of carbonyl (C=O) groups is 1. The topological polar surface area (TPSA) is 43.1 Å². The summed E-state index contributed by atoms with van der Waals surface area (Å²) in [6.07, 6.45) is 2.35. The van der Waals surface area contributed by atoms with E-state index in [4.69, 9.17) is 4.42 Å². The van der Waals surface area contributed by atoms with Gasteiger partial charge in [0.1, 0.15) is 11.6 Å². The van der Waals surface area contributed by atoms with Crippen molar-refractivity contribution < 1.29 is 13.6 Å². The second-order valence-electron chi connectivity index (χ2n) is 3.13. The van der Waals surface area contributed by atoms with Gasteiger partial charge >= 0.3 is 0 Å². The third-order valence-electron chi connectivity index (χ3n) is 1.93. The molecular formula is C11H8FNO2. The maximum Gasteiger partial charge on any atom is 0.229 e. The highest BCUT2D eigenvalue weighted by atomic mass is 19.1. The molecule has 0 amide bonds. The Morgan fingerprint density at radius 3 is 2.80 bits per heavy atom. The minimum atomic E-state index is -0.538. The summed E-state index contributed by atoms with van der Waals surface area (Å²) in [5.74, 6) is -0.0677. The van der Waals surface area contributed by atoms with E-state index in [0.29, 0.717) is 5.76 Å². The lowest BCUT2D eigenvalue weighted by Crippen LogP contribution is -2.00. The first-order valence-corrected chi connectivity index (χ1v) is 4.38. The Morgan fingerprint density at radius 2 is 2.20 bits per heavy atom. The molecule has 0 saturated heterocycles. The van der Waals surface area contributed by atoms with Gasteiger partial charge in [0.25, 0.3) is 0 Å². The van der Waals surface area contributed by atoms with E-state index in [1.165, 1.54) is 6.20 Å². The number of furan rings is 1. The SMILES string of the molecule is Cc1ccc(C(=O)c2cncc(F)c2)o1. The summed E-state index contributed by atoms with van der Waals surface area (Å²) in [6, 6.07) is 4.37. The van der Waals surface area contributed by atoms with Crippen molar-refractivity contribution in [2.24, 2.45) is 0 Å². The van der Waals surface area contributed by atoms with Crippen LogP contribution in [-0.4, -0.2) is 10.8 Å². The molecule has 0 aromatic carbocycles. The zero-order chi connectivity index (χ0) is 10.8. The first kappa shape index (κ1) is 9.58. The quantitative estimate of drug-likeness (QED) is 0.707. The summed E-state index contributed by atoms with van der Waals surface area (Å²) in [6.45, 7) is 1.74. The van der Waals surface area contributed by atoms with Crippen molar-refractivity contribution in [1.29, 1.82) is 0 Å². The Morgan fingerprint density at radius 1 is 1.40 bits per heavy atom. The second-order valence-corrected chi connectivity index (χ2v) is 3.13. The van der Waals surface area contributed by atoms with Crippen LogP contribution in [0.25, 0.3) is 0 Å². The predicted molar refractivity (Wildman–Crippen MR) is 51.1 cm³/mol. The van der Waals surface area contributed by atoms with Gasteiger partial charge in [-0.2, -0.15) is 0 Å². The van der Waals surface area contributed by atoms with E-state index in [2.05, 4.69) is 4.98 Å². The Kier molecular flexibility index (Phi) is 2.33. The molecule has 4 heteroatoms. The highest BCUT2D eigenvalue weighted by Gasteiger charge is 2.13. The molecule has 2 heterocycles. The van der Waals surface area contributed by atoms with E-state index in [0.717, 1.165) is 12.3 Å². The minimum absolute atomic E-state index is 0.185. The Labute approximate surface area is 85.6 Å². The van der Waals surface area contributed by atoms with Gasteiger partial charge in [0.15, 0.2) is 5.76 Å². The highest BCUT2D eigenvalue weighted by Crippen LogP contribution is 2.12. The summed E-state index contributed by atoms with van der Waals surface area (Å²) in [4.78, 5) is 15.3. The van der Waals surface area contributed by atoms with Gasteiger partial charge in [0.05, 0.1) is 6.20 Å². The summed E-state index contributed by atoms with van der Waals surface area (Å²) in [5, 5.41) is 0. The van der Waals surface area contributed by atoms with Crippen molar-refractivity contribution in [2.45, 2.75) is 6.92 Å². The second kappa shape index (κ2) is 3.65. The smallest absolute Gasteiger partial charge is 0.229 e. The standard InChI is InChI=1S/C11H8FNO2/c1-7-2-3-10(15-7)11(14)8-4-9(12)6-13-5-8/h2-6H,1H3. The molecule has 76 valence electrons. The van der Waals surface area contributed by atoms with Gasteiger partial charge < -0.3 is 4.42 Å². The summed E-state index contributed by atoms with van der Waals surface area (Å²) in [5.41, 5.74) is 0.185. The molecule has 0 atom stereocenters. The number of aryl methyl sites for hydroxylation is 1. The van der Waals surface area contributed by atoms with E-state index in [-0.39, 0.29) is 17.1 Å². The molecule has 0 aliphatic heterocycles. The van der Waals surface area contributed by atoms with Crippen LogP contribution < -0.4 is 0 Å². The van der Waals surface area contributed by atoms with Gasteiger partial charge in [-0.1, -0.05) is 0 Å². The number of halogens is 1. The molecule has 2 aromatic rings. The van der Waals surface area contributed by atoms with Crippen LogP contribution in [0.4, 0.5) is 4.39 Å². The molecular weight excluding hydrogens is 197 g/mol. The monoisotopic (exact) mass is 205 g/mol. The molecule has 0 N–H and O–H groups in total. The normalized spacial score (nSPS) is 10.3. The van der Waals surface area contributed by atoms with Crippen LogP contribution >= 0.6 is 0 Å². The summed E-state index contributed by atoms with van der Waals surface area (Å²) < 4.78 is 17.9. The highest BCUT2D eigenvalue weighted by molar-refractivity contribution is 6.06. The average molecular weight is 205 g/mol. The first-order valence-electron chi connectivity index (χ1n) is 4.38. The number of aromatic nitrogens is 1. The summed E-state index contributed by atoms with van der Waals surface area (Å²) in [7, 11) is 0. The van der Waals surface area contributed by atoms with Crippen molar-refractivity contribution in [2.75, 3.05) is 0 Å². The van der Waals surface area contributed by atoms with Crippen molar-refractivity contribution in [1.82, 2.24) is 4.98 Å². The number of ketones is 1. The molecule has 15 heavy (non-hydrogen) atoms. The molecule has 2 aromatic heterocycles. The van der Waals surface area contributed by atoms with Crippen LogP contribution in [0.1, 0.15) is 21.9 Å². The minimum Gasteiger partial charge on any atom is -0.458 e. The third-order valence-corrected chi connectivity index (χ3v) is 1.93. The fraction of sp³-hybridized carbons (Fsp3) is 0.0909. The number of hydrogen-bond donors (Lipinski definition) is 0. The Hall–Kier alpha value is -1.97. The van der Waals surface area contributed by atoms with Crippen molar-refractivity contribution >= 4 is 5.78 Å². The molecule has 2 rings (SSSR count). The molecule has 0 bridgehead atoms. The van der Waals surface area contributed by atoms with Crippen molar-refractivity contribution in [3.63, 3.8) is 0 Å². The van der Waals surface area contributed by atoms with Crippen LogP contribution in [0.3, 0.4) is 0 Å². The lowest BCUT2D eigenvalue weighted by Gasteiger charge is -1.96. The first-order chi connectivity index (χ1) is 7.16. The van der Waals surface area contributed by atoms with E-state index >= 15 is 0 Å². The van der Waals surface area contributed by atoms with E-state index in [1.54, 1.807) is 19.1 Å². The lowest BCUT2D eigenvalue weighted by molar-refractivity contribution is 0.101. The zero-order valence-corrected chi connectivity index (χ0v) is 8.03. The van der Waals surface area contributed by atoms with Crippen LogP contribution in [0.5, 0.6) is 0 Å². The van der Waals surface area contributed by atoms with Crippen LogP contribution in [-0.2, 0) is 0 Å². The van der Waals surface area contributed by atoms with Gasteiger partial charge in [-0.25, -0.2) is 4.39 Å². The van der Waals surface area contributed by atoms with E-state index < -0.39 is 5.82 Å². The van der Waals surface area contributed by atoms with Gasteiger partial charge in [-0.05, 0) is 25.1 Å². The number of pyridine rings is 1. The van der Waals surface area contributed by atoms with E-state index in [1.807, 2.05) is 0 Å². The Bertz CT molecular complexity index is 505. The Balaban J connectivity index is 2.36.